The topological polar surface area (TPSA) is 159 Å². The second kappa shape index (κ2) is 13.8. The molecule has 0 spiro atoms. The Kier molecular flexibility index (Phi) is 10.6. The number of hydrogen-bond donors (Lipinski definition) is 4. The van der Waals surface area contributed by atoms with Gasteiger partial charge in [-0.15, -0.1) is 0 Å². The molecule has 0 radical (unpaired) electrons. The van der Waals surface area contributed by atoms with Gasteiger partial charge in [0, 0.05) is 47.6 Å². The van der Waals surface area contributed by atoms with Crippen LogP contribution in [0.3, 0.4) is 0 Å². The second-order valence-electron chi connectivity index (χ2n) is 9.20. The van der Waals surface area contributed by atoms with Crippen molar-refractivity contribution < 1.29 is 27.9 Å². The molecule has 11 heteroatoms. The standard InChI is InChI=1S/C27H32N4O4S.CH2O2/c1-19-7-2-3-8-21(19)27(33)29-24-12-13-25(23-10-5-4-9-22(23)24)36(34,35)30-20-14-17-31(18-15-20)26(32)11-6-16-28;2-1-3/h2-5,7-10,12-13,20,30H,6,11,14-18,28H2,1H3,(H,29,33);1H,(H,2,3). The van der Waals surface area contributed by atoms with E-state index in [0.29, 0.717) is 67.3 Å². The Balaban J connectivity index is 0.00000134. The Bertz CT molecular complexity index is 1420. The molecule has 3 aromatic carbocycles. The Labute approximate surface area is 228 Å². The summed E-state index contributed by atoms with van der Waals surface area (Å²) in [6.45, 7) is 3.13. The number of anilines is 1. The second-order valence-corrected chi connectivity index (χ2v) is 10.9. The van der Waals surface area contributed by atoms with Crippen LogP contribution in [0.1, 0.15) is 41.6 Å². The molecule has 1 aliphatic heterocycles. The number of hydrogen-bond acceptors (Lipinski definition) is 6. The lowest BCUT2D eigenvalue weighted by molar-refractivity contribution is -0.132. The van der Waals surface area contributed by atoms with Crippen molar-refractivity contribution in [3.63, 3.8) is 0 Å². The molecule has 0 saturated carbocycles. The maximum Gasteiger partial charge on any atom is 0.290 e. The molecule has 1 aliphatic rings. The zero-order valence-corrected chi connectivity index (χ0v) is 22.6. The highest BCUT2D eigenvalue weighted by Crippen LogP contribution is 2.30. The number of likely N-dealkylation sites (tertiary alicyclic amines) is 1. The van der Waals surface area contributed by atoms with E-state index in [1.54, 1.807) is 35.2 Å². The van der Waals surface area contributed by atoms with Crippen molar-refractivity contribution in [2.24, 2.45) is 5.73 Å². The zero-order chi connectivity index (χ0) is 28.4. The zero-order valence-electron chi connectivity index (χ0n) is 21.8. The van der Waals surface area contributed by atoms with Crippen molar-refractivity contribution in [1.82, 2.24) is 9.62 Å². The maximum atomic E-state index is 13.4. The number of carboxylic acid groups (broad SMARTS) is 1. The third-order valence-electron chi connectivity index (χ3n) is 6.58. The molecule has 39 heavy (non-hydrogen) atoms. The van der Waals surface area contributed by atoms with Gasteiger partial charge in [0.05, 0.1) is 4.90 Å². The van der Waals surface area contributed by atoms with Gasteiger partial charge in [-0.25, -0.2) is 13.1 Å². The predicted molar refractivity (Wildman–Crippen MR) is 150 cm³/mol. The molecular formula is C28H34N4O6S. The number of carbonyl (C=O) groups is 3. The van der Waals surface area contributed by atoms with Crippen LogP contribution in [0.5, 0.6) is 0 Å². The number of carbonyl (C=O) groups excluding carboxylic acids is 2. The van der Waals surface area contributed by atoms with Gasteiger partial charge in [-0.1, -0.05) is 42.5 Å². The monoisotopic (exact) mass is 554 g/mol. The van der Waals surface area contributed by atoms with Gasteiger partial charge >= 0.3 is 0 Å². The van der Waals surface area contributed by atoms with Crippen LogP contribution in [0.2, 0.25) is 0 Å². The number of aryl methyl sites for hydroxylation is 1. The molecule has 3 aromatic rings. The molecule has 0 atom stereocenters. The number of nitrogens with one attached hydrogen (secondary N) is 2. The predicted octanol–water partition coefficient (Wildman–Crippen LogP) is 3.11. The lowest BCUT2D eigenvalue weighted by atomic mass is 10.1. The van der Waals surface area contributed by atoms with E-state index >= 15 is 0 Å². The van der Waals surface area contributed by atoms with Crippen LogP contribution in [0.15, 0.2) is 65.6 Å². The molecule has 5 N–H and O–H groups in total. The third-order valence-corrected chi connectivity index (χ3v) is 8.15. The summed E-state index contributed by atoms with van der Waals surface area (Å²) in [7, 11) is -3.83. The Morgan fingerprint density at radius 3 is 2.28 bits per heavy atom. The number of nitrogens with zero attached hydrogens (tertiary/aromatic N) is 1. The number of rotatable bonds is 8. The molecule has 10 nitrogen and oxygen atoms in total. The smallest absolute Gasteiger partial charge is 0.290 e. The number of amides is 2. The number of fused-ring (bicyclic) bond motifs is 1. The first kappa shape index (κ1) is 29.8. The van der Waals surface area contributed by atoms with E-state index in [0.717, 1.165) is 5.56 Å². The highest BCUT2D eigenvalue weighted by Gasteiger charge is 2.28. The molecule has 1 saturated heterocycles. The van der Waals surface area contributed by atoms with Gasteiger partial charge in [-0.2, -0.15) is 0 Å². The summed E-state index contributed by atoms with van der Waals surface area (Å²) in [6.07, 6.45) is 2.18. The summed E-state index contributed by atoms with van der Waals surface area (Å²) in [5, 5.41) is 11.0. The quantitative estimate of drug-likeness (QED) is 0.311. The van der Waals surface area contributed by atoms with Crippen LogP contribution in [-0.2, 0) is 19.6 Å². The van der Waals surface area contributed by atoms with Crippen molar-refractivity contribution in [2.45, 2.75) is 43.5 Å². The molecule has 1 fully saturated rings. The average Bonchev–Trinajstić information content (AvgIpc) is 2.92. The summed E-state index contributed by atoms with van der Waals surface area (Å²) < 4.78 is 29.6. The van der Waals surface area contributed by atoms with Crippen LogP contribution in [0, 0.1) is 6.92 Å². The minimum Gasteiger partial charge on any atom is -0.483 e. The summed E-state index contributed by atoms with van der Waals surface area (Å²) in [4.78, 5) is 35.4. The van der Waals surface area contributed by atoms with Gasteiger partial charge in [0.1, 0.15) is 0 Å². The lowest BCUT2D eigenvalue weighted by Crippen LogP contribution is -2.46. The van der Waals surface area contributed by atoms with E-state index in [2.05, 4.69) is 10.0 Å². The van der Waals surface area contributed by atoms with Crippen molar-refractivity contribution in [2.75, 3.05) is 25.0 Å². The normalized spacial score (nSPS) is 13.8. The van der Waals surface area contributed by atoms with E-state index in [1.807, 2.05) is 31.2 Å². The summed E-state index contributed by atoms with van der Waals surface area (Å²) in [6, 6.07) is 17.3. The van der Waals surface area contributed by atoms with E-state index < -0.39 is 10.0 Å². The fourth-order valence-corrected chi connectivity index (χ4v) is 6.09. The first-order valence-electron chi connectivity index (χ1n) is 12.7. The van der Waals surface area contributed by atoms with Crippen molar-refractivity contribution in [3.8, 4) is 0 Å². The van der Waals surface area contributed by atoms with Crippen molar-refractivity contribution in [1.29, 1.82) is 0 Å². The van der Waals surface area contributed by atoms with E-state index in [-0.39, 0.29) is 29.2 Å². The van der Waals surface area contributed by atoms with Gasteiger partial charge in [-0.3, -0.25) is 14.4 Å². The lowest BCUT2D eigenvalue weighted by Gasteiger charge is -2.32. The van der Waals surface area contributed by atoms with Gasteiger partial charge in [0.15, 0.2) is 0 Å². The molecule has 0 bridgehead atoms. The molecule has 0 unspecified atom stereocenters. The minimum atomic E-state index is -3.83. The fourth-order valence-electron chi connectivity index (χ4n) is 4.57. The number of piperidine rings is 1. The molecule has 0 aromatic heterocycles. The highest BCUT2D eigenvalue weighted by molar-refractivity contribution is 7.89. The third kappa shape index (κ3) is 7.62. The van der Waals surface area contributed by atoms with Crippen LogP contribution < -0.4 is 15.8 Å². The number of benzene rings is 3. The highest BCUT2D eigenvalue weighted by atomic mass is 32.2. The maximum absolute atomic E-state index is 13.4. The van der Waals surface area contributed by atoms with E-state index in [4.69, 9.17) is 15.6 Å². The van der Waals surface area contributed by atoms with E-state index in [1.165, 1.54) is 6.07 Å². The van der Waals surface area contributed by atoms with Gasteiger partial charge in [-0.05, 0) is 56.5 Å². The SMILES string of the molecule is Cc1ccccc1C(=O)Nc1ccc(S(=O)(=O)NC2CCN(C(=O)CCCN)CC2)c2ccccc12.O=CO. The van der Waals surface area contributed by atoms with Gasteiger partial charge in [0.25, 0.3) is 12.4 Å². The first-order valence-corrected chi connectivity index (χ1v) is 14.2. The molecular weight excluding hydrogens is 520 g/mol. The molecule has 2 amide bonds. The van der Waals surface area contributed by atoms with Crippen molar-refractivity contribution >= 4 is 44.8 Å². The van der Waals surface area contributed by atoms with Crippen molar-refractivity contribution in [3.05, 3.63) is 71.8 Å². The molecule has 1 heterocycles. The number of nitrogens with two attached hydrogens (primary N) is 1. The van der Waals surface area contributed by atoms with Gasteiger partial charge < -0.3 is 21.1 Å². The van der Waals surface area contributed by atoms with Gasteiger partial charge in [0.2, 0.25) is 15.9 Å². The first-order chi connectivity index (χ1) is 18.7. The fraction of sp³-hybridized carbons (Fsp3) is 0.321. The summed E-state index contributed by atoms with van der Waals surface area (Å²) in [5.41, 5.74) is 7.45. The largest absolute Gasteiger partial charge is 0.483 e. The van der Waals surface area contributed by atoms with Crippen LogP contribution >= 0.6 is 0 Å². The Hall–Kier alpha value is -3.80. The van der Waals surface area contributed by atoms with Crippen LogP contribution in [0.25, 0.3) is 10.8 Å². The molecule has 0 aliphatic carbocycles. The Morgan fingerprint density at radius 2 is 1.64 bits per heavy atom. The number of sulfonamides is 1. The summed E-state index contributed by atoms with van der Waals surface area (Å²) in [5.74, 6) is -0.184. The minimum absolute atomic E-state index is 0.0658. The average molecular weight is 555 g/mol. The Morgan fingerprint density at radius 1 is 1.03 bits per heavy atom. The van der Waals surface area contributed by atoms with Crippen LogP contribution in [0.4, 0.5) is 5.69 Å². The van der Waals surface area contributed by atoms with E-state index in [9.17, 15) is 18.0 Å². The molecule has 208 valence electrons. The summed E-state index contributed by atoms with van der Waals surface area (Å²) >= 11 is 0. The van der Waals surface area contributed by atoms with Crippen LogP contribution in [-0.4, -0.2) is 62.4 Å². The molecule has 4 rings (SSSR count).